The number of nitrogens with one attached hydrogen (secondary N) is 1. The second kappa shape index (κ2) is 8.77. The first kappa shape index (κ1) is 17.6. The van der Waals surface area contributed by atoms with Crippen LogP contribution >= 0.6 is 11.6 Å². The van der Waals surface area contributed by atoms with Gasteiger partial charge in [-0.1, -0.05) is 23.7 Å². The van der Waals surface area contributed by atoms with Crippen molar-refractivity contribution in [2.45, 2.75) is 26.3 Å². The molecule has 0 radical (unpaired) electrons. The molecule has 1 amide bonds. The first-order valence-corrected chi connectivity index (χ1v) is 8.49. The van der Waals surface area contributed by atoms with Crippen LogP contribution in [-0.4, -0.2) is 54.9 Å². The van der Waals surface area contributed by atoms with Crippen LogP contribution in [0.2, 0.25) is 5.02 Å². The summed E-state index contributed by atoms with van der Waals surface area (Å²) in [4.78, 5) is 20.5. The van der Waals surface area contributed by atoms with E-state index in [1.807, 2.05) is 48.0 Å². The van der Waals surface area contributed by atoms with Gasteiger partial charge in [-0.15, -0.1) is 0 Å². The number of hydrogen-bond donors (Lipinski definition) is 1. The number of carbonyl (C=O) groups excluding carboxylic acids is 1. The number of benzene rings is 1. The van der Waals surface area contributed by atoms with Crippen LogP contribution in [0, 0.1) is 0 Å². The Morgan fingerprint density at radius 3 is 2.78 bits per heavy atom. The van der Waals surface area contributed by atoms with Gasteiger partial charge in [-0.25, -0.2) is 4.99 Å². The third kappa shape index (κ3) is 5.43. The van der Waals surface area contributed by atoms with Crippen molar-refractivity contribution in [3.8, 4) is 0 Å². The van der Waals surface area contributed by atoms with Crippen molar-refractivity contribution in [2.75, 3.05) is 33.2 Å². The number of amides is 1. The van der Waals surface area contributed by atoms with Crippen LogP contribution in [0.25, 0.3) is 0 Å². The third-order valence-corrected chi connectivity index (χ3v) is 4.06. The molecule has 0 spiro atoms. The molecule has 1 aliphatic heterocycles. The van der Waals surface area contributed by atoms with Crippen LogP contribution in [0.4, 0.5) is 0 Å². The summed E-state index contributed by atoms with van der Waals surface area (Å²) in [6.45, 7) is 5.39. The van der Waals surface area contributed by atoms with E-state index in [2.05, 4.69) is 10.3 Å². The van der Waals surface area contributed by atoms with Gasteiger partial charge in [-0.3, -0.25) is 4.79 Å². The number of nitrogens with zero attached hydrogens (tertiary/aromatic N) is 3. The van der Waals surface area contributed by atoms with E-state index in [0.717, 1.165) is 49.0 Å². The van der Waals surface area contributed by atoms with E-state index in [1.165, 1.54) is 0 Å². The molecule has 23 heavy (non-hydrogen) atoms. The van der Waals surface area contributed by atoms with Crippen molar-refractivity contribution < 1.29 is 4.79 Å². The minimum absolute atomic E-state index is 0.106. The van der Waals surface area contributed by atoms with E-state index < -0.39 is 0 Å². The monoisotopic (exact) mass is 336 g/mol. The molecule has 2 rings (SSSR count). The summed E-state index contributed by atoms with van der Waals surface area (Å²) in [5.41, 5.74) is 1.11. The summed E-state index contributed by atoms with van der Waals surface area (Å²) in [5, 5.41) is 3.96. The minimum atomic E-state index is 0.106. The van der Waals surface area contributed by atoms with E-state index in [-0.39, 0.29) is 12.5 Å². The Hall–Kier alpha value is -1.75. The highest BCUT2D eigenvalue weighted by Crippen LogP contribution is 2.12. The van der Waals surface area contributed by atoms with Crippen LogP contribution in [0.3, 0.4) is 0 Å². The predicted molar refractivity (Wildman–Crippen MR) is 94.7 cm³/mol. The van der Waals surface area contributed by atoms with E-state index in [9.17, 15) is 4.79 Å². The summed E-state index contributed by atoms with van der Waals surface area (Å²) in [7, 11) is 1.96. The Morgan fingerprint density at radius 1 is 1.39 bits per heavy atom. The van der Waals surface area contributed by atoms with Crippen LogP contribution in [0.15, 0.2) is 29.3 Å². The van der Waals surface area contributed by atoms with Gasteiger partial charge in [0.15, 0.2) is 5.96 Å². The quantitative estimate of drug-likeness (QED) is 0.663. The van der Waals surface area contributed by atoms with Gasteiger partial charge in [-0.05, 0) is 37.5 Å². The molecule has 0 unspecified atom stereocenters. The first-order valence-electron chi connectivity index (χ1n) is 8.12. The second-order valence-electron chi connectivity index (χ2n) is 5.74. The number of hydrogen-bond acceptors (Lipinski definition) is 2. The maximum atomic E-state index is 12.1. The largest absolute Gasteiger partial charge is 0.357 e. The molecule has 6 heteroatoms. The molecule has 1 fully saturated rings. The van der Waals surface area contributed by atoms with Gasteiger partial charge in [0.05, 0.1) is 0 Å². The Labute approximate surface area is 143 Å². The van der Waals surface area contributed by atoms with Crippen LogP contribution in [0.1, 0.15) is 25.3 Å². The Balaban J connectivity index is 1.97. The molecule has 1 saturated heterocycles. The molecule has 1 heterocycles. The molecular formula is C17H25ClN4O. The predicted octanol–water partition coefficient (Wildman–Crippen LogP) is 2.36. The minimum Gasteiger partial charge on any atom is -0.357 e. The molecule has 126 valence electrons. The number of likely N-dealkylation sites (tertiary alicyclic amines) is 1. The highest BCUT2D eigenvalue weighted by Gasteiger charge is 2.17. The molecule has 0 aromatic heterocycles. The van der Waals surface area contributed by atoms with Crippen molar-refractivity contribution in [1.29, 1.82) is 0 Å². The molecule has 5 nitrogen and oxygen atoms in total. The maximum absolute atomic E-state index is 12.1. The Kier molecular flexibility index (Phi) is 6.71. The van der Waals surface area contributed by atoms with Crippen LogP contribution < -0.4 is 5.32 Å². The van der Waals surface area contributed by atoms with Crippen molar-refractivity contribution in [1.82, 2.24) is 15.1 Å². The number of halogens is 1. The fraction of sp³-hybridized carbons (Fsp3) is 0.529. The number of carbonyl (C=O) groups is 1. The van der Waals surface area contributed by atoms with Crippen molar-refractivity contribution in [3.05, 3.63) is 34.9 Å². The Bertz CT molecular complexity index is 555. The highest BCUT2D eigenvalue weighted by molar-refractivity contribution is 6.30. The summed E-state index contributed by atoms with van der Waals surface area (Å²) >= 11 is 6.03. The van der Waals surface area contributed by atoms with Gasteiger partial charge in [0, 0.05) is 38.2 Å². The number of guanidine groups is 1. The van der Waals surface area contributed by atoms with Gasteiger partial charge in [0.2, 0.25) is 5.91 Å². The van der Waals surface area contributed by atoms with E-state index in [0.29, 0.717) is 6.54 Å². The fourth-order valence-corrected chi connectivity index (χ4v) is 2.88. The molecule has 1 aromatic carbocycles. The van der Waals surface area contributed by atoms with Gasteiger partial charge in [0.1, 0.15) is 6.54 Å². The third-order valence-electron chi connectivity index (χ3n) is 3.83. The molecule has 0 atom stereocenters. The molecule has 0 bridgehead atoms. The standard InChI is InChI=1S/C17H25ClN4O/c1-3-19-17(20-12-16(23)22-9-4-5-10-22)21(2)13-14-7-6-8-15(18)11-14/h6-8,11H,3-5,9-10,12-13H2,1-2H3,(H,19,20). The molecule has 1 N–H and O–H groups in total. The SMILES string of the molecule is CCNC(=NCC(=O)N1CCCC1)N(C)Cc1cccc(Cl)c1. The summed E-state index contributed by atoms with van der Waals surface area (Å²) in [5.74, 6) is 0.842. The lowest BCUT2D eigenvalue weighted by molar-refractivity contribution is -0.128. The molecule has 0 aliphatic carbocycles. The fourth-order valence-electron chi connectivity index (χ4n) is 2.66. The van der Waals surface area contributed by atoms with Crippen LogP contribution in [0.5, 0.6) is 0 Å². The normalized spacial score (nSPS) is 14.9. The summed E-state index contributed by atoms with van der Waals surface area (Å²) in [6.07, 6.45) is 2.20. The zero-order valence-corrected chi connectivity index (χ0v) is 14.6. The van der Waals surface area contributed by atoms with Crippen molar-refractivity contribution >= 4 is 23.5 Å². The molecule has 1 aromatic rings. The highest BCUT2D eigenvalue weighted by atomic mass is 35.5. The smallest absolute Gasteiger partial charge is 0.244 e. The lowest BCUT2D eigenvalue weighted by Crippen LogP contribution is -2.39. The lowest BCUT2D eigenvalue weighted by Gasteiger charge is -2.22. The number of aliphatic imine (C=N–C) groups is 1. The average Bonchev–Trinajstić information content (AvgIpc) is 3.05. The summed E-state index contributed by atoms with van der Waals surface area (Å²) in [6, 6.07) is 7.77. The molecular weight excluding hydrogens is 312 g/mol. The van der Waals surface area contributed by atoms with Crippen LogP contribution in [-0.2, 0) is 11.3 Å². The van der Waals surface area contributed by atoms with Crippen molar-refractivity contribution in [2.24, 2.45) is 4.99 Å². The zero-order chi connectivity index (χ0) is 16.7. The summed E-state index contributed by atoms with van der Waals surface area (Å²) < 4.78 is 0. The molecule has 0 saturated carbocycles. The van der Waals surface area contributed by atoms with Gasteiger partial charge < -0.3 is 15.1 Å². The number of rotatable bonds is 5. The van der Waals surface area contributed by atoms with Gasteiger partial charge in [-0.2, -0.15) is 0 Å². The topological polar surface area (TPSA) is 47.9 Å². The Morgan fingerprint density at radius 2 is 2.13 bits per heavy atom. The van der Waals surface area contributed by atoms with E-state index in [4.69, 9.17) is 11.6 Å². The zero-order valence-electron chi connectivity index (χ0n) is 13.9. The first-order chi connectivity index (χ1) is 11.1. The molecule has 1 aliphatic rings. The lowest BCUT2D eigenvalue weighted by atomic mass is 10.2. The maximum Gasteiger partial charge on any atom is 0.244 e. The van der Waals surface area contributed by atoms with E-state index in [1.54, 1.807) is 0 Å². The van der Waals surface area contributed by atoms with Crippen molar-refractivity contribution in [3.63, 3.8) is 0 Å². The van der Waals surface area contributed by atoms with Gasteiger partial charge >= 0.3 is 0 Å². The average molecular weight is 337 g/mol. The van der Waals surface area contributed by atoms with Gasteiger partial charge in [0.25, 0.3) is 0 Å². The second-order valence-corrected chi connectivity index (χ2v) is 6.18. The van der Waals surface area contributed by atoms with E-state index >= 15 is 0 Å².